The quantitative estimate of drug-likeness (QED) is 0.652. The Morgan fingerprint density at radius 1 is 1.42 bits per heavy atom. The lowest BCUT2D eigenvalue weighted by molar-refractivity contribution is -0.384. The Morgan fingerprint density at radius 2 is 2.05 bits per heavy atom. The Kier molecular flexibility index (Phi) is 3.39. The monoisotopic (exact) mass is 264 g/mol. The van der Waals surface area contributed by atoms with E-state index in [9.17, 15) is 10.1 Å². The van der Waals surface area contributed by atoms with Gasteiger partial charge in [-0.05, 0) is 25.7 Å². The molecular weight excluding hydrogens is 244 g/mol. The van der Waals surface area contributed by atoms with E-state index in [0.717, 1.165) is 12.1 Å². The van der Waals surface area contributed by atoms with Gasteiger partial charge in [-0.25, -0.2) is 0 Å². The molecule has 0 bridgehead atoms. The molecule has 5 nitrogen and oxygen atoms in total. The van der Waals surface area contributed by atoms with Gasteiger partial charge in [-0.15, -0.1) is 0 Å². The number of hydrogen-bond acceptors (Lipinski definition) is 4. The lowest BCUT2D eigenvalue weighted by Gasteiger charge is -2.13. The van der Waals surface area contributed by atoms with E-state index in [4.69, 9.17) is 4.74 Å². The first kappa shape index (κ1) is 13.6. The van der Waals surface area contributed by atoms with Crippen molar-refractivity contribution in [3.63, 3.8) is 0 Å². The van der Waals surface area contributed by atoms with Gasteiger partial charge in [0.15, 0.2) is 0 Å². The Morgan fingerprint density at radius 3 is 2.53 bits per heavy atom. The third kappa shape index (κ3) is 3.36. The van der Waals surface area contributed by atoms with Crippen LogP contribution in [0.25, 0.3) is 0 Å². The number of anilines is 1. The minimum absolute atomic E-state index is 0.00720. The molecular formula is C14H20N2O3. The Labute approximate surface area is 113 Å². The highest BCUT2D eigenvalue weighted by molar-refractivity contribution is 5.57. The molecule has 1 saturated carbocycles. The van der Waals surface area contributed by atoms with Gasteiger partial charge in [-0.3, -0.25) is 10.1 Å². The highest BCUT2D eigenvalue weighted by atomic mass is 16.6. The van der Waals surface area contributed by atoms with Gasteiger partial charge in [0.2, 0.25) is 0 Å². The molecule has 1 aliphatic rings. The second-order valence-electron chi connectivity index (χ2n) is 6.03. The maximum atomic E-state index is 10.9. The third-order valence-corrected chi connectivity index (χ3v) is 3.33. The van der Waals surface area contributed by atoms with Crippen molar-refractivity contribution in [1.29, 1.82) is 0 Å². The molecule has 1 fully saturated rings. The SMILES string of the molecule is CC(C)Oc1cc(NC2CC2(C)C)cc([N+](=O)[O-])c1. The summed E-state index contributed by atoms with van der Waals surface area (Å²) in [6.45, 7) is 8.15. The number of benzene rings is 1. The summed E-state index contributed by atoms with van der Waals surface area (Å²) in [5.41, 5.74) is 1.07. The van der Waals surface area contributed by atoms with Crippen LogP contribution in [0.2, 0.25) is 0 Å². The zero-order valence-corrected chi connectivity index (χ0v) is 11.8. The van der Waals surface area contributed by atoms with Gasteiger partial charge in [0.1, 0.15) is 5.75 Å². The zero-order valence-electron chi connectivity index (χ0n) is 11.8. The second-order valence-corrected chi connectivity index (χ2v) is 6.03. The van der Waals surface area contributed by atoms with Crippen LogP contribution in [0.5, 0.6) is 5.75 Å². The van der Waals surface area contributed by atoms with Crippen molar-refractivity contribution in [3.8, 4) is 5.75 Å². The molecule has 104 valence electrons. The fraction of sp³-hybridized carbons (Fsp3) is 0.571. The molecule has 1 aromatic carbocycles. The first-order valence-corrected chi connectivity index (χ1v) is 6.50. The lowest BCUT2D eigenvalue weighted by atomic mass is 10.2. The summed E-state index contributed by atoms with van der Waals surface area (Å²) in [5, 5.41) is 14.3. The summed E-state index contributed by atoms with van der Waals surface area (Å²) in [5.74, 6) is 0.533. The fourth-order valence-electron chi connectivity index (χ4n) is 2.03. The van der Waals surface area contributed by atoms with Crippen LogP contribution in [0.1, 0.15) is 34.1 Å². The van der Waals surface area contributed by atoms with E-state index < -0.39 is 4.92 Å². The topological polar surface area (TPSA) is 64.4 Å². The third-order valence-electron chi connectivity index (χ3n) is 3.33. The highest BCUT2D eigenvalue weighted by Crippen LogP contribution is 2.47. The summed E-state index contributed by atoms with van der Waals surface area (Å²) in [6, 6.07) is 5.22. The van der Waals surface area contributed by atoms with Gasteiger partial charge in [0.25, 0.3) is 5.69 Å². The van der Waals surface area contributed by atoms with Gasteiger partial charge < -0.3 is 10.1 Å². The van der Waals surface area contributed by atoms with E-state index in [2.05, 4.69) is 19.2 Å². The van der Waals surface area contributed by atoms with E-state index in [1.54, 1.807) is 6.07 Å². The molecule has 0 heterocycles. The van der Waals surface area contributed by atoms with Crippen molar-refractivity contribution in [1.82, 2.24) is 0 Å². The molecule has 2 rings (SSSR count). The van der Waals surface area contributed by atoms with Crippen LogP contribution in [0.3, 0.4) is 0 Å². The molecule has 1 aromatic rings. The number of rotatable bonds is 5. The minimum atomic E-state index is -0.392. The highest BCUT2D eigenvalue weighted by Gasteiger charge is 2.45. The number of hydrogen-bond donors (Lipinski definition) is 1. The molecule has 0 aliphatic heterocycles. The predicted octanol–water partition coefficient (Wildman–Crippen LogP) is 3.59. The van der Waals surface area contributed by atoms with Gasteiger partial charge in [-0.1, -0.05) is 13.8 Å². The van der Waals surface area contributed by atoms with Gasteiger partial charge in [0.05, 0.1) is 17.1 Å². The molecule has 1 unspecified atom stereocenters. The molecule has 0 aromatic heterocycles. The van der Waals surface area contributed by atoms with E-state index in [1.807, 2.05) is 19.9 Å². The summed E-state index contributed by atoms with van der Waals surface area (Å²) in [4.78, 5) is 10.5. The smallest absolute Gasteiger partial charge is 0.275 e. The molecule has 19 heavy (non-hydrogen) atoms. The molecule has 1 atom stereocenters. The molecule has 0 saturated heterocycles. The van der Waals surface area contributed by atoms with Gasteiger partial charge in [-0.2, -0.15) is 0 Å². The maximum Gasteiger partial charge on any atom is 0.275 e. The van der Waals surface area contributed by atoms with E-state index in [0.29, 0.717) is 11.8 Å². The summed E-state index contributed by atoms with van der Waals surface area (Å²) in [6.07, 6.45) is 1.07. The number of ether oxygens (including phenoxy) is 1. The van der Waals surface area contributed by atoms with E-state index >= 15 is 0 Å². The van der Waals surface area contributed by atoms with Gasteiger partial charge >= 0.3 is 0 Å². The van der Waals surface area contributed by atoms with Crippen molar-refractivity contribution < 1.29 is 9.66 Å². The second kappa shape index (κ2) is 4.72. The molecule has 1 N–H and O–H groups in total. The molecule has 0 amide bonds. The largest absolute Gasteiger partial charge is 0.491 e. The average Bonchev–Trinajstić information content (AvgIpc) is 2.84. The summed E-state index contributed by atoms with van der Waals surface area (Å²) in [7, 11) is 0. The van der Waals surface area contributed by atoms with Crippen LogP contribution >= 0.6 is 0 Å². The number of nitrogens with zero attached hydrogens (tertiary/aromatic N) is 1. The number of non-ortho nitro benzene ring substituents is 1. The Hall–Kier alpha value is -1.78. The molecule has 0 radical (unpaired) electrons. The minimum Gasteiger partial charge on any atom is -0.491 e. The van der Waals surface area contributed by atoms with Crippen molar-refractivity contribution in [2.45, 2.75) is 46.3 Å². The van der Waals surface area contributed by atoms with Crippen LogP contribution in [0.15, 0.2) is 18.2 Å². The number of nitro benzene ring substituents is 1. The van der Waals surface area contributed by atoms with Crippen LogP contribution < -0.4 is 10.1 Å². The summed E-state index contributed by atoms with van der Waals surface area (Å²) >= 11 is 0. The fourth-order valence-corrected chi connectivity index (χ4v) is 2.03. The summed E-state index contributed by atoms with van der Waals surface area (Å²) < 4.78 is 5.56. The van der Waals surface area contributed by atoms with E-state index in [1.165, 1.54) is 6.07 Å². The Bertz CT molecular complexity index is 497. The first-order chi connectivity index (χ1) is 8.78. The zero-order chi connectivity index (χ0) is 14.2. The lowest BCUT2D eigenvalue weighted by Crippen LogP contribution is -2.10. The van der Waals surface area contributed by atoms with Crippen molar-refractivity contribution in [2.24, 2.45) is 5.41 Å². The molecule has 5 heteroatoms. The van der Waals surface area contributed by atoms with E-state index in [-0.39, 0.29) is 17.2 Å². The molecule has 1 aliphatic carbocycles. The normalized spacial score (nSPS) is 20.2. The average molecular weight is 264 g/mol. The van der Waals surface area contributed by atoms with Crippen LogP contribution in [-0.2, 0) is 0 Å². The van der Waals surface area contributed by atoms with Crippen molar-refractivity contribution in [3.05, 3.63) is 28.3 Å². The number of nitro groups is 1. The van der Waals surface area contributed by atoms with Crippen LogP contribution in [-0.4, -0.2) is 17.1 Å². The van der Waals surface area contributed by atoms with Crippen LogP contribution in [0.4, 0.5) is 11.4 Å². The predicted molar refractivity (Wildman–Crippen MR) is 74.7 cm³/mol. The van der Waals surface area contributed by atoms with Crippen LogP contribution in [0, 0.1) is 15.5 Å². The maximum absolute atomic E-state index is 10.9. The Balaban J connectivity index is 2.21. The van der Waals surface area contributed by atoms with Crippen molar-refractivity contribution >= 4 is 11.4 Å². The first-order valence-electron chi connectivity index (χ1n) is 6.50. The van der Waals surface area contributed by atoms with Crippen molar-refractivity contribution in [2.75, 3.05) is 5.32 Å². The molecule has 0 spiro atoms. The number of nitrogens with one attached hydrogen (secondary N) is 1. The van der Waals surface area contributed by atoms with Gasteiger partial charge in [0, 0.05) is 23.9 Å². The standard InChI is InChI=1S/C14H20N2O3/c1-9(2)19-12-6-10(5-11(7-12)16(17)18)15-13-8-14(13,3)4/h5-7,9,13,15H,8H2,1-4H3.